The van der Waals surface area contributed by atoms with Crippen LogP contribution < -0.4 is 5.73 Å². The van der Waals surface area contributed by atoms with Crippen molar-refractivity contribution in [3.8, 4) is 0 Å². The van der Waals surface area contributed by atoms with Crippen molar-refractivity contribution in [1.29, 1.82) is 0 Å². The third-order valence-corrected chi connectivity index (χ3v) is 4.94. The van der Waals surface area contributed by atoms with Gasteiger partial charge in [0.15, 0.2) is 0 Å². The summed E-state index contributed by atoms with van der Waals surface area (Å²) in [5, 5.41) is 2.82. The average Bonchev–Trinajstić information content (AvgIpc) is 2.97. The minimum absolute atomic E-state index is 0. The molecule has 1 aliphatic heterocycles. The fourth-order valence-corrected chi connectivity index (χ4v) is 3.87. The SMILES string of the molecule is Cl.N[C@@H]1CN(Cc2cc(Cl)cs2)C[C@H]1c1ccccc1. The van der Waals surface area contributed by atoms with Gasteiger partial charge in [0.05, 0.1) is 5.02 Å². The van der Waals surface area contributed by atoms with Gasteiger partial charge in [0.1, 0.15) is 0 Å². The molecule has 2 atom stereocenters. The molecule has 20 heavy (non-hydrogen) atoms. The monoisotopic (exact) mass is 328 g/mol. The van der Waals surface area contributed by atoms with Gasteiger partial charge in [-0.05, 0) is 11.6 Å². The van der Waals surface area contributed by atoms with Crippen LogP contribution in [0.3, 0.4) is 0 Å². The molecule has 0 aliphatic carbocycles. The van der Waals surface area contributed by atoms with Crippen LogP contribution in [0.1, 0.15) is 16.4 Å². The molecular formula is C15H18Cl2N2S. The summed E-state index contributed by atoms with van der Waals surface area (Å²) >= 11 is 7.69. The minimum Gasteiger partial charge on any atom is -0.326 e. The zero-order chi connectivity index (χ0) is 13.2. The van der Waals surface area contributed by atoms with Crippen LogP contribution in [0.15, 0.2) is 41.8 Å². The van der Waals surface area contributed by atoms with Crippen LogP contribution in [0.25, 0.3) is 0 Å². The number of benzene rings is 1. The first kappa shape index (κ1) is 15.8. The van der Waals surface area contributed by atoms with Gasteiger partial charge in [-0.15, -0.1) is 23.7 Å². The molecule has 2 heterocycles. The lowest BCUT2D eigenvalue weighted by molar-refractivity contribution is 0.327. The van der Waals surface area contributed by atoms with Crippen molar-refractivity contribution in [2.24, 2.45) is 5.73 Å². The first-order valence-corrected chi connectivity index (χ1v) is 7.74. The van der Waals surface area contributed by atoms with Gasteiger partial charge in [0, 0.05) is 41.9 Å². The van der Waals surface area contributed by atoms with Crippen molar-refractivity contribution >= 4 is 35.3 Å². The lowest BCUT2D eigenvalue weighted by Gasteiger charge is -2.15. The van der Waals surface area contributed by atoms with Gasteiger partial charge in [-0.25, -0.2) is 0 Å². The Morgan fingerprint density at radius 1 is 1.25 bits per heavy atom. The molecule has 5 heteroatoms. The smallest absolute Gasteiger partial charge is 0.0516 e. The Morgan fingerprint density at radius 2 is 2.00 bits per heavy atom. The Balaban J connectivity index is 0.00000147. The maximum atomic E-state index is 6.30. The second-order valence-corrected chi connectivity index (χ2v) is 6.54. The van der Waals surface area contributed by atoms with E-state index in [0.717, 1.165) is 24.7 Å². The van der Waals surface area contributed by atoms with Crippen LogP contribution in [-0.4, -0.2) is 24.0 Å². The molecular weight excluding hydrogens is 311 g/mol. The van der Waals surface area contributed by atoms with E-state index < -0.39 is 0 Å². The molecule has 0 radical (unpaired) electrons. The fraction of sp³-hybridized carbons (Fsp3) is 0.333. The molecule has 1 aliphatic rings. The Morgan fingerprint density at radius 3 is 2.65 bits per heavy atom. The molecule has 108 valence electrons. The van der Waals surface area contributed by atoms with Crippen molar-refractivity contribution in [2.45, 2.75) is 18.5 Å². The maximum absolute atomic E-state index is 6.30. The van der Waals surface area contributed by atoms with Crippen LogP contribution in [0.2, 0.25) is 5.02 Å². The van der Waals surface area contributed by atoms with Crippen molar-refractivity contribution < 1.29 is 0 Å². The molecule has 0 unspecified atom stereocenters. The molecule has 0 bridgehead atoms. The average molecular weight is 329 g/mol. The first-order chi connectivity index (χ1) is 9.22. The topological polar surface area (TPSA) is 29.3 Å². The Bertz CT molecular complexity index is 544. The number of nitrogens with zero attached hydrogens (tertiary/aromatic N) is 1. The van der Waals surface area contributed by atoms with Crippen LogP contribution in [0.5, 0.6) is 0 Å². The Hall–Kier alpha value is -0.580. The third-order valence-electron chi connectivity index (χ3n) is 3.67. The highest BCUT2D eigenvalue weighted by Gasteiger charge is 2.31. The number of hydrogen-bond acceptors (Lipinski definition) is 3. The molecule has 3 rings (SSSR count). The zero-order valence-electron chi connectivity index (χ0n) is 11.0. The van der Waals surface area contributed by atoms with Gasteiger partial charge < -0.3 is 5.73 Å². The van der Waals surface area contributed by atoms with Crippen molar-refractivity contribution in [1.82, 2.24) is 4.90 Å². The second-order valence-electron chi connectivity index (χ2n) is 5.11. The third kappa shape index (κ3) is 3.54. The molecule has 2 aromatic rings. The lowest BCUT2D eigenvalue weighted by atomic mass is 9.95. The van der Waals surface area contributed by atoms with Gasteiger partial charge in [-0.3, -0.25) is 4.90 Å². The van der Waals surface area contributed by atoms with E-state index in [1.807, 2.05) is 11.4 Å². The predicted octanol–water partition coefficient (Wildman–Crippen LogP) is 3.75. The molecule has 2 nitrogen and oxygen atoms in total. The normalized spacial score (nSPS) is 22.7. The van der Waals surface area contributed by atoms with E-state index in [0.29, 0.717) is 5.92 Å². The fourth-order valence-electron chi connectivity index (χ4n) is 2.75. The molecule has 1 aromatic heterocycles. The van der Waals surface area contributed by atoms with Crippen LogP contribution >= 0.6 is 35.3 Å². The van der Waals surface area contributed by atoms with Crippen LogP contribution in [0, 0.1) is 0 Å². The quantitative estimate of drug-likeness (QED) is 0.929. The summed E-state index contributed by atoms with van der Waals surface area (Å²) in [5.74, 6) is 0.441. The van der Waals surface area contributed by atoms with Crippen molar-refractivity contribution in [3.05, 3.63) is 57.2 Å². The number of thiophene rings is 1. The van der Waals surface area contributed by atoms with E-state index >= 15 is 0 Å². The molecule has 1 saturated heterocycles. The van der Waals surface area contributed by atoms with E-state index in [1.54, 1.807) is 11.3 Å². The minimum atomic E-state index is 0. The van der Waals surface area contributed by atoms with Crippen molar-refractivity contribution in [3.63, 3.8) is 0 Å². The summed E-state index contributed by atoms with van der Waals surface area (Å²) in [7, 11) is 0. The van der Waals surface area contributed by atoms with E-state index in [2.05, 4.69) is 35.2 Å². The highest BCUT2D eigenvalue weighted by Crippen LogP contribution is 2.29. The molecule has 0 spiro atoms. The summed E-state index contributed by atoms with van der Waals surface area (Å²) < 4.78 is 0. The highest BCUT2D eigenvalue weighted by molar-refractivity contribution is 7.10. The number of rotatable bonds is 3. The Labute approximate surface area is 135 Å². The number of likely N-dealkylation sites (tertiary alicyclic amines) is 1. The molecule has 0 amide bonds. The second kappa shape index (κ2) is 6.92. The summed E-state index contributed by atoms with van der Waals surface area (Å²) in [6.07, 6.45) is 0. The van der Waals surface area contributed by atoms with E-state index in [1.165, 1.54) is 10.4 Å². The standard InChI is InChI=1S/C15H17ClN2S.ClH/c16-12-6-13(19-10-12)7-18-8-14(15(17)9-18)11-4-2-1-3-5-11;/h1-6,10,14-15H,7-9,17H2;1H/t14-,15+;/m0./s1. The molecule has 1 aromatic carbocycles. The number of nitrogens with two attached hydrogens (primary N) is 1. The van der Waals surface area contributed by atoms with Gasteiger partial charge >= 0.3 is 0 Å². The Kier molecular flexibility index (Phi) is 5.47. The van der Waals surface area contributed by atoms with Crippen LogP contribution in [-0.2, 0) is 6.54 Å². The number of halogens is 2. The maximum Gasteiger partial charge on any atom is 0.0516 e. The first-order valence-electron chi connectivity index (χ1n) is 6.48. The van der Waals surface area contributed by atoms with Gasteiger partial charge in [0.2, 0.25) is 0 Å². The molecule has 2 N–H and O–H groups in total. The molecule has 0 saturated carbocycles. The summed E-state index contributed by atoms with van der Waals surface area (Å²) in [6.45, 7) is 2.93. The van der Waals surface area contributed by atoms with Gasteiger partial charge in [0.25, 0.3) is 0 Å². The molecule has 1 fully saturated rings. The van der Waals surface area contributed by atoms with E-state index in [9.17, 15) is 0 Å². The largest absolute Gasteiger partial charge is 0.326 e. The van der Waals surface area contributed by atoms with E-state index in [-0.39, 0.29) is 18.4 Å². The van der Waals surface area contributed by atoms with Gasteiger partial charge in [-0.2, -0.15) is 0 Å². The van der Waals surface area contributed by atoms with Gasteiger partial charge in [-0.1, -0.05) is 41.9 Å². The number of hydrogen-bond donors (Lipinski definition) is 1. The summed E-state index contributed by atoms with van der Waals surface area (Å²) in [4.78, 5) is 3.73. The lowest BCUT2D eigenvalue weighted by Crippen LogP contribution is -2.28. The highest BCUT2D eigenvalue weighted by atomic mass is 35.5. The zero-order valence-corrected chi connectivity index (χ0v) is 13.4. The van der Waals surface area contributed by atoms with Crippen molar-refractivity contribution in [2.75, 3.05) is 13.1 Å². The predicted molar refractivity (Wildman–Crippen MR) is 89.0 cm³/mol. The van der Waals surface area contributed by atoms with E-state index in [4.69, 9.17) is 17.3 Å². The van der Waals surface area contributed by atoms with Crippen LogP contribution in [0.4, 0.5) is 0 Å². The summed E-state index contributed by atoms with van der Waals surface area (Å²) in [6, 6.07) is 12.8. The summed E-state index contributed by atoms with van der Waals surface area (Å²) in [5.41, 5.74) is 7.64.